The van der Waals surface area contributed by atoms with Crippen molar-refractivity contribution >= 4 is 17.5 Å². The van der Waals surface area contributed by atoms with E-state index < -0.39 is 0 Å². The molecule has 0 bridgehead atoms. The number of rotatable bonds is 3. The summed E-state index contributed by atoms with van der Waals surface area (Å²) in [6, 6.07) is 7.32. The van der Waals surface area contributed by atoms with Gasteiger partial charge in [0.2, 0.25) is 0 Å². The summed E-state index contributed by atoms with van der Waals surface area (Å²) in [7, 11) is 0. The van der Waals surface area contributed by atoms with Crippen molar-refractivity contribution in [3.63, 3.8) is 0 Å². The lowest BCUT2D eigenvalue weighted by atomic mass is 10.2. The fraction of sp³-hybridized carbons (Fsp3) is 0.438. The van der Waals surface area contributed by atoms with Crippen LogP contribution in [0.25, 0.3) is 5.69 Å². The van der Waals surface area contributed by atoms with Gasteiger partial charge in [-0.3, -0.25) is 4.79 Å². The number of para-hydroxylation sites is 1. The molecule has 2 aromatic rings. The standard InChI is InChI=1S/C16H20ClN5O2/c1-11-15(16(23)21-7-4-8-24-12(9-18)10-21)19-20-22(11)14-6-3-2-5-13(14)17/h2-3,5-6,12H,4,7-10,18H2,1H3. The number of carbonyl (C=O) groups is 1. The maximum Gasteiger partial charge on any atom is 0.276 e. The van der Waals surface area contributed by atoms with Crippen LogP contribution in [0.3, 0.4) is 0 Å². The minimum Gasteiger partial charge on any atom is -0.375 e. The minimum absolute atomic E-state index is 0.143. The molecule has 24 heavy (non-hydrogen) atoms. The number of carbonyl (C=O) groups excluding carboxylic acids is 1. The maximum atomic E-state index is 12.8. The predicted molar refractivity (Wildman–Crippen MR) is 90.4 cm³/mol. The molecule has 2 heterocycles. The molecule has 1 saturated heterocycles. The largest absolute Gasteiger partial charge is 0.375 e. The number of hydrogen-bond acceptors (Lipinski definition) is 5. The van der Waals surface area contributed by atoms with Gasteiger partial charge in [0.1, 0.15) is 0 Å². The predicted octanol–water partition coefficient (Wildman–Crippen LogP) is 1.42. The number of nitrogens with two attached hydrogens (primary N) is 1. The summed E-state index contributed by atoms with van der Waals surface area (Å²) < 4.78 is 7.20. The fourth-order valence-electron chi connectivity index (χ4n) is 2.75. The van der Waals surface area contributed by atoms with E-state index in [1.54, 1.807) is 15.6 Å². The van der Waals surface area contributed by atoms with Crippen LogP contribution in [0.1, 0.15) is 22.6 Å². The zero-order valence-electron chi connectivity index (χ0n) is 13.5. The van der Waals surface area contributed by atoms with Crippen LogP contribution in [0.2, 0.25) is 5.02 Å². The first-order valence-corrected chi connectivity index (χ1v) is 8.27. The number of nitrogens with zero attached hydrogens (tertiary/aromatic N) is 4. The lowest BCUT2D eigenvalue weighted by Crippen LogP contribution is -2.40. The SMILES string of the molecule is Cc1c(C(=O)N2CCCOC(CN)C2)nnn1-c1ccccc1Cl. The third-order valence-electron chi connectivity index (χ3n) is 4.08. The van der Waals surface area contributed by atoms with Gasteiger partial charge in [0.15, 0.2) is 5.69 Å². The van der Waals surface area contributed by atoms with Crippen LogP contribution in [0.15, 0.2) is 24.3 Å². The third-order valence-corrected chi connectivity index (χ3v) is 4.40. The quantitative estimate of drug-likeness (QED) is 0.905. The van der Waals surface area contributed by atoms with Crippen LogP contribution < -0.4 is 5.73 Å². The molecule has 0 aliphatic carbocycles. The van der Waals surface area contributed by atoms with E-state index in [9.17, 15) is 4.79 Å². The molecular weight excluding hydrogens is 330 g/mol. The highest BCUT2D eigenvalue weighted by Gasteiger charge is 2.27. The van der Waals surface area contributed by atoms with E-state index in [-0.39, 0.29) is 12.0 Å². The summed E-state index contributed by atoms with van der Waals surface area (Å²) in [5.41, 5.74) is 7.37. The molecule has 128 valence electrons. The van der Waals surface area contributed by atoms with E-state index >= 15 is 0 Å². The molecule has 3 rings (SSSR count). The van der Waals surface area contributed by atoms with Crippen LogP contribution in [0.4, 0.5) is 0 Å². The topological polar surface area (TPSA) is 86.3 Å². The lowest BCUT2D eigenvalue weighted by molar-refractivity contribution is 0.0517. The molecular formula is C16H20ClN5O2. The smallest absolute Gasteiger partial charge is 0.276 e. The molecule has 0 radical (unpaired) electrons. The van der Waals surface area contributed by atoms with E-state index in [0.717, 1.165) is 6.42 Å². The molecule has 1 aromatic heterocycles. The summed E-state index contributed by atoms with van der Waals surface area (Å²) >= 11 is 6.21. The Balaban J connectivity index is 1.87. The summed E-state index contributed by atoms with van der Waals surface area (Å²) in [6.07, 6.45) is 0.635. The molecule has 0 saturated carbocycles. The van der Waals surface area contributed by atoms with E-state index in [0.29, 0.717) is 48.3 Å². The molecule has 1 aromatic carbocycles. The normalized spacial score (nSPS) is 18.5. The van der Waals surface area contributed by atoms with Gasteiger partial charge in [-0.2, -0.15) is 0 Å². The lowest BCUT2D eigenvalue weighted by Gasteiger charge is -2.22. The van der Waals surface area contributed by atoms with Crippen LogP contribution in [-0.4, -0.2) is 58.1 Å². The highest BCUT2D eigenvalue weighted by molar-refractivity contribution is 6.32. The van der Waals surface area contributed by atoms with E-state index in [2.05, 4.69) is 10.3 Å². The van der Waals surface area contributed by atoms with Crippen molar-refractivity contribution in [2.45, 2.75) is 19.4 Å². The number of amides is 1. The Labute approximate surface area is 145 Å². The first-order valence-electron chi connectivity index (χ1n) is 7.90. The Hall–Kier alpha value is -1.96. The van der Waals surface area contributed by atoms with Gasteiger partial charge in [0, 0.05) is 26.2 Å². The Morgan fingerprint density at radius 2 is 2.25 bits per heavy atom. The molecule has 1 amide bonds. The first kappa shape index (κ1) is 16.9. The van der Waals surface area contributed by atoms with Crippen molar-refractivity contribution in [1.29, 1.82) is 0 Å². The second-order valence-corrected chi connectivity index (χ2v) is 6.13. The van der Waals surface area contributed by atoms with Gasteiger partial charge in [-0.25, -0.2) is 4.68 Å². The summed E-state index contributed by atoms with van der Waals surface area (Å²) in [4.78, 5) is 14.6. The monoisotopic (exact) mass is 349 g/mol. The second-order valence-electron chi connectivity index (χ2n) is 5.72. The number of aromatic nitrogens is 3. The molecule has 1 unspecified atom stereocenters. The number of ether oxygens (including phenoxy) is 1. The Kier molecular flexibility index (Phi) is 5.13. The van der Waals surface area contributed by atoms with Crippen LogP contribution >= 0.6 is 11.6 Å². The first-order chi connectivity index (χ1) is 11.6. The highest BCUT2D eigenvalue weighted by atomic mass is 35.5. The van der Waals surface area contributed by atoms with Gasteiger partial charge in [0.05, 0.1) is 22.5 Å². The van der Waals surface area contributed by atoms with Gasteiger partial charge in [0.25, 0.3) is 5.91 Å². The third kappa shape index (κ3) is 3.28. The summed E-state index contributed by atoms with van der Waals surface area (Å²) in [5.74, 6) is -0.158. The Morgan fingerprint density at radius 1 is 1.46 bits per heavy atom. The number of halogens is 1. The molecule has 2 N–H and O–H groups in total. The van der Waals surface area contributed by atoms with Gasteiger partial charge in [-0.15, -0.1) is 5.10 Å². The van der Waals surface area contributed by atoms with E-state index in [4.69, 9.17) is 22.1 Å². The number of benzene rings is 1. The summed E-state index contributed by atoms with van der Waals surface area (Å²) in [6.45, 7) is 3.89. The average Bonchev–Trinajstić information content (AvgIpc) is 2.82. The molecule has 1 aliphatic heterocycles. The van der Waals surface area contributed by atoms with Gasteiger partial charge < -0.3 is 15.4 Å². The Morgan fingerprint density at radius 3 is 3.00 bits per heavy atom. The van der Waals surface area contributed by atoms with Crippen molar-refractivity contribution in [1.82, 2.24) is 19.9 Å². The van der Waals surface area contributed by atoms with Crippen LogP contribution in [-0.2, 0) is 4.74 Å². The van der Waals surface area contributed by atoms with Crippen molar-refractivity contribution in [2.75, 3.05) is 26.2 Å². The second kappa shape index (κ2) is 7.29. The van der Waals surface area contributed by atoms with Gasteiger partial charge in [-0.05, 0) is 25.5 Å². The molecule has 1 fully saturated rings. The van der Waals surface area contributed by atoms with Crippen molar-refractivity contribution in [3.8, 4) is 5.69 Å². The summed E-state index contributed by atoms with van der Waals surface area (Å²) in [5, 5.41) is 8.74. The highest BCUT2D eigenvalue weighted by Crippen LogP contribution is 2.22. The Bertz CT molecular complexity index is 733. The van der Waals surface area contributed by atoms with Crippen LogP contribution in [0, 0.1) is 6.92 Å². The maximum absolute atomic E-state index is 12.8. The van der Waals surface area contributed by atoms with Crippen LogP contribution in [0.5, 0.6) is 0 Å². The van der Waals surface area contributed by atoms with Crippen molar-refractivity contribution in [3.05, 3.63) is 40.7 Å². The average molecular weight is 350 g/mol. The van der Waals surface area contributed by atoms with Crippen molar-refractivity contribution in [2.24, 2.45) is 5.73 Å². The zero-order valence-corrected chi connectivity index (χ0v) is 14.2. The zero-order chi connectivity index (χ0) is 17.1. The van der Waals surface area contributed by atoms with Gasteiger partial charge >= 0.3 is 0 Å². The molecule has 1 atom stereocenters. The van der Waals surface area contributed by atoms with E-state index in [1.807, 2.05) is 25.1 Å². The molecule has 0 spiro atoms. The fourth-order valence-corrected chi connectivity index (χ4v) is 2.97. The molecule has 7 nitrogen and oxygen atoms in total. The minimum atomic E-state index is -0.158. The van der Waals surface area contributed by atoms with Crippen molar-refractivity contribution < 1.29 is 9.53 Å². The number of hydrogen-bond donors (Lipinski definition) is 1. The molecule has 1 aliphatic rings. The molecule has 8 heteroatoms. The van der Waals surface area contributed by atoms with E-state index in [1.165, 1.54) is 0 Å². The van der Waals surface area contributed by atoms with Gasteiger partial charge in [-0.1, -0.05) is 28.9 Å².